The zero-order chi connectivity index (χ0) is 16.6. The number of aromatic nitrogens is 2. The van der Waals surface area contributed by atoms with E-state index >= 15 is 0 Å². The van der Waals surface area contributed by atoms with Gasteiger partial charge in [-0.1, -0.05) is 32.9 Å². The largest absolute Gasteiger partial charge is 0.307 e. The number of hydrogen-bond donors (Lipinski definition) is 1. The molecule has 2 aromatic rings. The summed E-state index contributed by atoms with van der Waals surface area (Å²) in [7, 11) is 0. The highest BCUT2D eigenvalue weighted by Gasteiger charge is 2.30. The molecule has 1 saturated carbocycles. The van der Waals surface area contributed by atoms with Crippen molar-refractivity contribution in [2.75, 3.05) is 5.32 Å². The average molecular weight is 311 g/mol. The van der Waals surface area contributed by atoms with Crippen LogP contribution in [0.4, 0.5) is 5.82 Å². The number of amides is 1. The van der Waals surface area contributed by atoms with E-state index in [1.807, 2.05) is 35.0 Å². The van der Waals surface area contributed by atoms with Crippen molar-refractivity contribution in [1.82, 2.24) is 9.78 Å². The molecule has 0 aliphatic heterocycles. The van der Waals surface area contributed by atoms with E-state index in [4.69, 9.17) is 0 Å². The Morgan fingerprint density at radius 2 is 1.87 bits per heavy atom. The zero-order valence-electron chi connectivity index (χ0n) is 14.3. The van der Waals surface area contributed by atoms with Crippen LogP contribution in [0, 0.1) is 5.92 Å². The third-order valence-corrected chi connectivity index (χ3v) is 4.62. The van der Waals surface area contributed by atoms with Crippen LogP contribution in [0.15, 0.2) is 36.5 Å². The number of rotatable bonds is 4. The van der Waals surface area contributed by atoms with Crippen molar-refractivity contribution in [3.63, 3.8) is 0 Å². The first-order valence-electron chi connectivity index (χ1n) is 8.31. The molecule has 1 fully saturated rings. The Morgan fingerprint density at radius 3 is 2.43 bits per heavy atom. The summed E-state index contributed by atoms with van der Waals surface area (Å²) < 4.78 is 1.93. The second-order valence-electron chi connectivity index (χ2n) is 7.52. The van der Waals surface area contributed by atoms with Gasteiger partial charge in [0.15, 0.2) is 0 Å². The monoisotopic (exact) mass is 311 g/mol. The van der Waals surface area contributed by atoms with E-state index in [-0.39, 0.29) is 11.3 Å². The Morgan fingerprint density at radius 1 is 1.22 bits per heavy atom. The van der Waals surface area contributed by atoms with Crippen LogP contribution in [0.2, 0.25) is 0 Å². The molecule has 1 heterocycles. The van der Waals surface area contributed by atoms with Crippen LogP contribution in [0.5, 0.6) is 0 Å². The Kier molecular flexibility index (Phi) is 4.00. The highest BCUT2D eigenvalue weighted by atomic mass is 16.1. The van der Waals surface area contributed by atoms with Crippen LogP contribution in [-0.4, -0.2) is 15.7 Å². The fraction of sp³-hybridized carbons (Fsp3) is 0.474. The number of hydrogen-bond acceptors (Lipinski definition) is 2. The minimum absolute atomic E-state index is 0.0878. The first kappa shape index (κ1) is 15.8. The lowest BCUT2D eigenvalue weighted by atomic mass is 9.87. The summed E-state index contributed by atoms with van der Waals surface area (Å²) in [6, 6.07) is 10.0. The highest BCUT2D eigenvalue weighted by molar-refractivity contribution is 6.03. The minimum Gasteiger partial charge on any atom is -0.307 e. The second kappa shape index (κ2) is 5.84. The van der Waals surface area contributed by atoms with E-state index in [2.05, 4.69) is 38.1 Å². The van der Waals surface area contributed by atoms with Gasteiger partial charge < -0.3 is 5.32 Å². The molecule has 1 aromatic carbocycles. The van der Waals surface area contributed by atoms with Crippen LogP contribution in [0.1, 0.15) is 62.5 Å². The molecule has 0 saturated heterocycles. The Balaban J connectivity index is 1.73. The van der Waals surface area contributed by atoms with E-state index in [1.54, 1.807) is 6.20 Å². The van der Waals surface area contributed by atoms with Crippen LogP contribution < -0.4 is 5.32 Å². The van der Waals surface area contributed by atoms with Crippen LogP contribution >= 0.6 is 0 Å². The van der Waals surface area contributed by atoms with Crippen molar-refractivity contribution < 1.29 is 4.79 Å². The van der Waals surface area contributed by atoms with Crippen molar-refractivity contribution in [3.8, 4) is 0 Å². The fourth-order valence-corrected chi connectivity index (χ4v) is 2.83. The number of benzene rings is 1. The van der Waals surface area contributed by atoms with Crippen LogP contribution in [-0.2, 0) is 5.41 Å². The molecule has 1 amide bonds. The van der Waals surface area contributed by atoms with E-state index in [0.717, 1.165) is 5.82 Å². The van der Waals surface area contributed by atoms with Gasteiger partial charge in [0, 0.05) is 11.6 Å². The van der Waals surface area contributed by atoms with Gasteiger partial charge in [0.2, 0.25) is 0 Å². The van der Waals surface area contributed by atoms with E-state index in [0.29, 0.717) is 17.5 Å². The molecule has 1 aromatic heterocycles. The highest BCUT2D eigenvalue weighted by Crippen LogP contribution is 2.40. The Hall–Kier alpha value is -2.10. The van der Waals surface area contributed by atoms with Crippen molar-refractivity contribution in [2.24, 2.45) is 5.92 Å². The maximum Gasteiger partial charge on any atom is 0.256 e. The quantitative estimate of drug-likeness (QED) is 0.909. The third-order valence-electron chi connectivity index (χ3n) is 4.62. The summed E-state index contributed by atoms with van der Waals surface area (Å²) in [6.07, 6.45) is 4.25. The smallest absolute Gasteiger partial charge is 0.256 e. The van der Waals surface area contributed by atoms with Gasteiger partial charge in [-0.25, -0.2) is 4.68 Å². The van der Waals surface area contributed by atoms with E-state index < -0.39 is 0 Å². The molecule has 122 valence electrons. The SMILES string of the molecule is CC(C1CC1)n1nccc1NC(=O)c1ccc(C(C)(C)C)cc1. The molecule has 1 N–H and O–H groups in total. The van der Waals surface area contributed by atoms with Gasteiger partial charge in [-0.05, 0) is 48.8 Å². The Labute approximate surface area is 137 Å². The first-order valence-corrected chi connectivity index (χ1v) is 8.31. The molecular formula is C19H25N3O. The number of nitrogens with zero attached hydrogens (tertiary/aromatic N) is 2. The second-order valence-corrected chi connectivity index (χ2v) is 7.52. The molecule has 23 heavy (non-hydrogen) atoms. The van der Waals surface area contributed by atoms with Gasteiger partial charge in [0.05, 0.1) is 12.2 Å². The Bertz CT molecular complexity index is 690. The topological polar surface area (TPSA) is 46.9 Å². The maximum absolute atomic E-state index is 12.5. The lowest BCUT2D eigenvalue weighted by Crippen LogP contribution is -2.19. The number of carbonyl (C=O) groups excluding carboxylic acids is 1. The van der Waals surface area contributed by atoms with E-state index in [9.17, 15) is 4.79 Å². The van der Waals surface area contributed by atoms with Gasteiger partial charge >= 0.3 is 0 Å². The van der Waals surface area contributed by atoms with Gasteiger partial charge in [0.25, 0.3) is 5.91 Å². The average Bonchev–Trinajstić information content (AvgIpc) is 3.26. The molecule has 0 radical (unpaired) electrons. The zero-order valence-corrected chi connectivity index (χ0v) is 14.3. The maximum atomic E-state index is 12.5. The minimum atomic E-state index is -0.0878. The number of carbonyl (C=O) groups is 1. The molecular weight excluding hydrogens is 286 g/mol. The predicted octanol–water partition coefficient (Wildman–Crippen LogP) is 4.40. The molecule has 1 atom stereocenters. The fourth-order valence-electron chi connectivity index (χ4n) is 2.83. The summed E-state index contributed by atoms with van der Waals surface area (Å²) >= 11 is 0. The molecule has 1 aliphatic carbocycles. The molecule has 0 spiro atoms. The molecule has 4 nitrogen and oxygen atoms in total. The normalized spacial score (nSPS) is 16.2. The number of nitrogens with one attached hydrogen (secondary N) is 1. The lowest BCUT2D eigenvalue weighted by molar-refractivity contribution is 0.102. The van der Waals surface area contributed by atoms with Gasteiger partial charge in [-0.15, -0.1) is 0 Å². The van der Waals surface area contributed by atoms with Crippen molar-refractivity contribution in [3.05, 3.63) is 47.7 Å². The molecule has 4 heteroatoms. The predicted molar refractivity (Wildman–Crippen MR) is 92.8 cm³/mol. The summed E-state index contributed by atoms with van der Waals surface area (Å²) in [4.78, 5) is 12.5. The third kappa shape index (κ3) is 3.46. The van der Waals surface area contributed by atoms with Gasteiger partial charge in [-0.2, -0.15) is 5.10 Å². The van der Waals surface area contributed by atoms with Crippen LogP contribution in [0.25, 0.3) is 0 Å². The number of anilines is 1. The van der Waals surface area contributed by atoms with Crippen molar-refractivity contribution in [2.45, 2.75) is 52.0 Å². The van der Waals surface area contributed by atoms with Gasteiger partial charge in [0.1, 0.15) is 5.82 Å². The van der Waals surface area contributed by atoms with Crippen molar-refractivity contribution in [1.29, 1.82) is 0 Å². The van der Waals surface area contributed by atoms with Crippen LogP contribution in [0.3, 0.4) is 0 Å². The summed E-state index contributed by atoms with van der Waals surface area (Å²) in [6.45, 7) is 8.66. The van der Waals surface area contributed by atoms with Gasteiger partial charge in [-0.3, -0.25) is 4.79 Å². The molecule has 3 rings (SSSR count). The molecule has 1 unspecified atom stereocenters. The van der Waals surface area contributed by atoms with Crippen molar-refractivity contribution >= 4 is 11.7 Å². The summed E-state index contributed by atoms with van der Waals surface area (Å²) in [5, 5.41) is 7.36. The molecule has 1 aliphatic rings. The summed E-state index contributed by atoms with van der Waals surface area (Å²) in [5.74, 6) is 1.38. The lowest BCUT2D eigenvalue weighted by Gasteiger charge is -2.19. The van der Waals surface area contributed by atoms with E-state index in [1.165, 1.54) is 18.4 Å². The molecule has 0 bridgehead atoms. The summed E-state index contributed by atoms with van der Waals surface area (Å²) in [5.41, 5.74) is 1.99. The first-order chi connectivity index (χ1) is 10.9. The standard InChI is InChI=1S/C19H25N3O/c1-13(14-5-6-14)22-17(11-12-20-22)21-18(23)15-7-9-16(10-8-15)19(2,3)4/h7-14H,5-6H2,1-4H3,(H,21,23).